The molecule has 0 aliphatic carbocycles. The van der Waals surface area contributed by atoms with Crippen LogP contribution in [0.4, 0.5) is 0 Å². The average Bonchev–Trinajstić information content (AvgIpc) is 3.14. The van der Waals surface area contributed by atoms with Crippen molar-refractivity contribution in [2.75, 3.05) is 33.6 Å². The third-order valence-corrected chi connectivity index (χ3v) is 4.06. The number of ether oxygens (including phenoxy) is 3. The molecule has 21 heavy (non-hydrogen) atoms. The minimum atomic E-state index is -0.468. The average molecular weight is 292 g/mol. The first-order chi connectivity index (χ1) is 10.2. The first-order valence-electron chi connectivity index (χ1n) is 7.11. The molecule has 1 atom stereocenters. The van der Waals surface area contributed by atoms with Crippen LogP contribution in [0.15, 0.2) is 18.2 Å². The van der Waals surface area contributed by atoms with Crippen LogP contribution in [0.5, 0.6) is 11.5 Å². The number of carbonyl (C=O) groups is 1. The van der Waals surface area contributed by atoms with Gasteiger partial charge in [-0.1, -0.05) is 12.1 Å². The van der Waals surface area contributed by atoms with Crippen LogP contribution in [0, 0.1) is 5.41 Å². The Morgan fingerprint density at radius 1 is 1.48 bits per heavy atom. The van der Waals surface area contributed by atoms with Crippen molar-refractivity contribution in [2.24, 2.45) is 5.41 Å². The molecule has 0 aromatic heterocycles. The highest BCUT2D eigenvalue weighted by Gasteiger charge is 2.41. The molecule has 2 N–H and O–H groups in total. The summed E-state index contributed by atoms with van der Waals surface area (Å²) in [6.07, 6.45) is 0.791. The van der Waals surface area contributed by atoms with Gasteiger partial charge >= 0.3 is 0 Å². The maximum absolute atomic E-state index is 12.5. The normalized spacial score (nSPS) is 23.3. The predicted molar refractivity (Wildman–Crippen MR) is 76.2 cm³/mol. The summed E-state index contributed by atoms with van der Waals surface area (Å²) in [4.78, 5) is 12.5. The highest BCUT2D eigenvalue weighted by Crippen LogP contribution is 2.35. The van der Waals surface area contributed by atoms with Crippen LogP contribution in [0.25, 0.3) is 0 Å². The molecular weight excluding hydrogens is 272 g/mol. The second-order valence-corrected chi connectivity index (χ2v) is 5.47. The van der Waals surface area contributed by atoms with Gasteiger partial charge in [-0.15, -0.1) is 0 Å². The fraction of sp³-hybridized carbons (Fsp3) is 0.533. The van der Waals surface area contributed by atoms with E-state index >= 15 is 0 Å². The second kappa shape index (κ2) is 5.91. The Balaban J connectivity index is 1.67. The summed E-state index contributed by atoms with van der Waals surface area (Å²) in [6, 6.07) is 5.70. The fourth-order valence-corrected chi connectivity index (χ4v) is 2.90. The molecule has 1 unspecified atom stereocenters. The molecule has 1 aromatic rings. The number of amides is 1. The summed E-state index contributed by atoms with van der Waals surface area (Å²) < 4.78 is 16.0. The van der Waals surface area contributed by atoms with Gasteiger partial charge in [-0.2, -0.15) is 0 Å². The van der Waals surface area contributed by atoms with E-state index in [1.807, 2.05) is 18.2 Å². The lowest BCUT2D eigenvalue weighted by atomic mass is 9.87. The summed E-state index contributed by atoms with van der Waals surface area (Å²) in [6.45, 7) is 2.58. The number of carbonyl (C=O) groups excluding carboxylic acids is 1. The zero-order valence-electron chi connectivity index (χ0n) is 12.1. The van der Waals surface area contributed by atoms with Crippen LogP contribution < -0.4 is 20.1 Å². The molecule has 0 radical (unpaired) electrons. The van der Waals surface area contributed by atoms with Gasteiger partial charge in [0.25, 0.3) is 0 Å². The van der Waals surface area contributed by atoms with E-state index in [1.165, 1.54) is 0 Å². The van der Waals surface area contributed by atoms with Crippen LogP contribution in [-0.4, -0.2) is 39.5 Å². The molecule has 6 nitrogen and oxygen atoms in total. The Bertz CT molecular complexity index is 526. The second-order valence-electron chi connectivity index (χ2n) is 5.47. The Kier molecular flexibility index (Phi) is 3.98. The molecule has 0 saturated carbocycles. The molecule has 3 rings (SSSR count). The minimum absolute atomic E-state index is 0.0193. The largest absolute Gasteiger partial charge is 0.454 e. The zero-order valence-corrected chi connectivity index (χ0v) is 12.1. The molecule has 0 bridgehead atoms. The SMILES string of the molecule is COCC1(C(=O)NCc2cccc3c2OCO3)CCNC1. The van der Waals surface area contributed by atoms with E-state index in [1.54, 1.807) is 7.11 Å². The van der Waals surface area contributed by atoms with E-state index < -0.39 is 5.41 Å². The highest BCUT2D eigenvalue weighted by molar-refractivity contribution is 5.83. The highest BCUT2D eigenvalue weighted by atomic mass is 16.7. The molecule has 6 heteroatoms. The topological polar surface area (TPSA) is 68.8 Å². The molecule has 0 spiro atoms. The van der Waals surface area contributed by atoms with Crippen LogP contribution in [0.2, 0.25) is 0 Å². The molecule has 1 fully saturated rings. The number of benzene rings is 1. The van der Waals surface area contributed by atoms with Crippen molar-refractivity contribution in [3.63, 3.8) is 0 Å². The number of methoxy groups -OCH3 is 1. The van der Waals surface area contributed by atoms with Crippen LogP contribution in [-0.2, 0) is 16.1 Å². The maximum atomic E-state index is 12.5. The van der Waals surface area contributed by atoms with Gasteiger partial charge in [-0.25, -0.2) is 0 Å². The summed E-state index contributed by atoms with van der Waals surface area (Å²) in [5.41, 5.74) is 0.459. The molecule has 2 aliphatic heterocycles. The third-order valence-electron chi connectivity index (χ3n) is 4.06. The minimum Gasteiger partial charge on any atom is -0.454 e. The Hall–Kier alpha value is -1.79. The van der Waals surface area contributed by atoms with E-state index in [0.29, 0.717) is 19.7 Å². The Morgan fingerprint density at radius 2 is 2.38 bits per heavy atom. The maximum Gasteiger partial charge on any atom is 0.231 e. The van der Waals surface area contributed by atoms with Gasteiger partial charge in [0.15, 0.2) is 11.5 Å². The number of fused-ring (bicyclic) bond motifs is 1. The Labute approximate surface area is 123 Å². The van der Waals surface area contributed by atoms with Crippen molar-refractivity contribution in [2.45, 2.75) is 13.0 Å². The fourth-order valence-electron chi connectivity index (χ4n) is 2.90. The first kappa shape index (κ1) is 14.2. The molecule has 1 amide bonds. The van der Waals surface area contributed by atoms with E-state index in [-0.39, 0.29) is 12.7 Å². The quantitative estimate of drug-likeness (QED) is 0.834. The lowest BCUT2D eigenvalue weighted by Crippen LogP contribution is -2.45. The summed E-state index contributed by atoms with van der Waals surface area (Å²) in [7, 11) is 1.63. The van der Waals surface area contributed by atoms with Crippen LogP contribution in [0.3, 0.4) is 0 Å². The van der Waals surface area contributed by atoms with E-state index in [0.717, 1.165) is 30.0 Å². The summed E-state index contributed by atoms with van der Waals surface area (Å²) >= 11 is 0. The van der Waals surface area contributed by atoms with Gasteiger partial charge in [0, 0.05) is 25.8 Å². The van der Waals surface area contributed by atoms with Gasteiger partial charge in [0.2, 0.25) is 12.7 Å². The molecule has 1 saturated heterocycles. The third kappa shape index (κ3) is 2.69. The van der Waals surface area contributed by atoms with Crippen molar-refractivity contribution in [3.05, 3.63) is 23.8 Å². The molecule has 2 aliphatic rings. The lowest BCUT2D eigenvalue weighted by Gasteiger charge is -2.26. The van der Waals surface area contributed by atoms with Crippen molar-refractivity contribution in [1.82, 2.24) is 10.6 Å². The lowest BCUT2D eigenvalue weighted by molar-refractivity contribution is -0.133. The number of nitrogens with one attached hydrogen (secondary N) is 2. The number of para-hydroxylation sites is 1. The number of rotatable bonds is 5. The van der Waals surface area contributed by atoms with Gasteiger partial charge in [-0.3, -0.25) is 4.79 Å². The van der Waals surface area contributed by atoms with Crippen LogP contribution in [0.1, 0.15) is 12.0 Å². The van der Waals surface area contributed by atoms with Crippen molar-refractivity contribution in [3.8, 4) is 11.5 Å². The van der Waals surface area contributed by atoms with E-state index in [9.17, 15) is 4.79 Å². The van der Waals surface area contributed by atoms with Crippen molar-refractivity contribution >= 4 is 5.91 Å². The molecule has 114 valence electrons. The number of hydrogen-bond acceptors (Lipinski definition) is 5. The Morgan fingerprint density at radius 3 is 3.14 bits per heavy atom. The standard InChI is InChI=1S/C15H20N2O4/c1-19-9-15(5-6-16-8-15)14(18)17-7-11-3-2-4-12-13(11)21-10-20-12/h2-4,16H,5-10H2,1H3,(H,17,18). The number of hydrogen-bond donors (Lipinski definition) is 2. The molecular formula is C15H20N2O4. The van der Waals surface area contributed by atoms with Crippen molar-refractivity contribution in [1.29, 1.82) is 0 Å². The molecule has 2 heterocycles. The van der Waals surface area contributed by atoms with Crippen LogP contribution >= 0.6 is 0 Å². The predicted octanol–water partition coefficient (Wildman–Crippen LogP) is 0.658. The van der Waals surface area contributed by atoms with Gasteiger partial charge in [-0.05, 0) is 19.0 Å². The van der Waals surface area contributed by atoms with Gasteiger partial charge < -0.3 is 24.8 Å². The first-order valence-corrected chi connectivity index (χ1v) is 7.11. The summed E-state index contributed by atoms with van der Waals surface area (Å²) in [5.74, 6) is 1.48. The monoisotopic (exact) mass is 292 g/mol. The van der Waals surface area contributed by atoms with E-state index in [4.69, 9.17) is 14.2 Å². The zero-order chi connectivity index (χ0) is 14.7. The molecule has 1 aromatic carbocycles. The van der Waals surface area contributed by atoms with E-state index in [2.05, 4.69) is 10.6 Å². The van der Waals surface area contributed by atoms with Gasteiger partial charge in [0.05, 0.1) is 12.0 Å². The van der Waals surface area contributed by atoms with Crippen molar-refractivity contribution < 1.29 is 19.0 Å². The van der Waals surface area contributed by atoms with Gasteiger partial charge in [0.1, 0.15) is 0 Å². The smallest absolute Gasteiger partial charge is 0.231 e. The summed E-state index contributed by atoms with van der Waals surface area (Å²) in [5, 5.41) is 6.23.